The average Bonchev–Trinajstić information content (AvgIpc) is 2.84. The number of allylic oxidation sites excluding steroid dienone is 2. The topological polar surface area (TPSA) is 78.1 Å². The van der Waals surface area contributed by atoms with E-state index in [1.807, 2.05) is 38.4 Å². The van der Waals surface area contributed by atoms with Gasteiger partial charge >= 0.3 is 0 Å². The molecule has 0 bridgehead atoms. The molecule has 1 amide bonds. The van der Waals surface area contributed by atoms with Crippen molar-refractivity contribution in [3.05, 3.63) is 65.5 Å². The van der Waals surface area contributed by atoms with Crippen molar-refractivity contribution in [2.75, 3.05) is 44.7 Å². The van der Waals surface area contributed by atoms with Gasteiger partial charge in [0, 0.05) is 63.6 Å². The average molecular weight is 449 g/mol. The Kier molecular flexibility index (Phi) is 8.74. The number of nitrogens with two attached hydrogens (primary N) is 1. The van der Waals surface area contributed by atoms with Crippen molar-refractivity contribution in [1.82, 2.24) is 14.8 Å². The van der Waals surface area contributed by atoms with Crippen molar-refractivity contribution in [2.45, 2.75) is 33.5 Å². The number of aromatic nitrogens is 1. The number of likely N-dealkylation sites (N-methyl/N-ethyl adjacent to an activating group) is 1. The fraction of sp³-hybridized carbons (Fsp3) is 0.423. The molecular formula is C26H36N6O. The normalized spacial score (nSPS) is 16.3. The predicted octanol–water partition coefficient (Wildman–Crippen LogP) is 2.95. The van der Waals surface area contributed by atoms with Crippen molar-refractivity contribution < 1.29 is 4.79 Å². The maximum Gasteiger partial charge on any atom is 0.236 e. The molecule has 1 aromatic carbocycles. The molecule has 2 N–H and O–H groups in total. The molecule has 1 aromatic heterocycles. The smallest absolute Gasteiger partial charge is 0.236 e. The Bertz CT molecular complexity index is 994. The van der Waals surface area contributed by atoms with Crippen LogP contribution in [0.3, 0.4) is 0 Å². The Morgan fingerprint density at radius 2 is 2.00 bits per heavy atom. The molecule has 1 aliphatic heterocycles. The predicted molar refractivity (Wildman–Crippen MR) is 136 cm³/mol. The fourth-order valence-corrected chi connectivity index (χ4v) is 4.05. The van der Waals surface area contributed by atoms with Crippen LogP contribution in [-0.4, -0.2) is 72.8 Å². The Hall–Kier alpha value is -3.03. The van der Waals surface area contributed by atoms with E-state index < -0.39 is 0 Å². The molecule has 1 unspecified atom stereocenters. The van der Waals surface area contributed by atoms with E-state index in [1.54, 1.807) is 11.9 Å². The number of anilines is 1. The van der Waals surface area contributed by atoms with E-state index in [1.165, 1.54) is 5.69 Å². The Morgan fingerprint density at radius 3 is 2.67 bits per heavy atom. The van der Waals surface area contributed by atoms with E-state index in [4.69, 9.17) is 10.7 Å². The van der Waals surface area contributed by atoms with Gasteiger partial charge in [-0.3, -0.25) is 19.7 Å². The summed E-state index contributed by atoms with van der Waals surface area (Å²) < 4.78 is 0. The molecule has 2 heterocycles. The minimum Gasteiger partial charge on any atom is -0.369 e. The summed E-state index contributed by atoms with van der Waals surface area (Å²) in [6.07, 6.45) is 6.04. The molecule has 1 atom stereocenters. The van der Waals surface area contributed by atoms with Crippen LogP contribution in [0.25, 0.3) is 5.57 Å². The largest absolute Gasteiger partial charge is 0.369 e. The first kappa shape index (κ1) is 24.6. The lowest BCUT2D eigenvalue weighted by Gasteiger charge is -2.37. The lowest BCUT2D eigenvalue weighted by molar-refractivity contribution is -0.128. The summed E-state index contributed by atoms with van der Waals surface area (Å²) in [4.78, 5) is 27.4. The number of nitrogens with zero attached hydrogens (tertiary/aromatic N) is 5. The van der Waals surface area contributed by atoms with Gasteiger partial charge in [0.1, 0.15) is 0 Å². The molecule has 0 saturated carbocycles. The van der Waals surface area contributed by atoms with Crippen molar-refractivity contribution >= 4 is 23.4 Å². The number of amides is 1. The highest BCUT2D eigenvalue weighted by atomic mass is 16.2. The summed E-state index contributed by atoms with van der Waals surface area (Å²) in [5.74, 6) is -0.0683. The van der Waals surface area contributed by atoms with E-state index in [0.717, 1.165) is 48.6 Å². The SMILES string of the molecule is C/C=C(\C=N/C(C)N1CCN(c2ccnc(C)c2)CC1)c1cccc(CN(C)C(=O)CN)c1. The van der Waals surface area contributed by atoms with Crippen molar-refractivity contribution in [2.24, 2.45) is 10.7 Å². The zero-order chi connectivity index (χ0) is 23.8. The van der Waals surface area contributed by atoms with Gasteiger partial charge in [0.25, 0.3) is 0 Å². The van der Waals surface area contributed by atoms with Crippen molar-refractivity contribution in [3.63, 3.8) is 0 Å². The number of rotatable bonds is 8. The third kappa shape index (κ3) is 6.73. The second-order valence-electron chi connectivity index (χ2n) is 8.49. The first-order valence-corrected chi connectivity index (χ1v) is 11.6. The summed E-state index contributed by atoms with van der Waals surface area (Å²) in [6.45, 7) is 10.7. The number of pyridine rings is 1. The molecule has 3 rings (SSSR count). The van der Waals surface area contributed by atoms with Crippen LogP contribution in [0, 0.1) is 6.92 Å². The van der Waals surface area contributed by atoms with Crippen LogP contribution in [-0.2, 0) is 11.3 Å². The van der Waals surface area contributed by atoms with Gasteiger partial charge < -0.3 is 15.5 Å². The zero-order valence-electron chi connectivity index (χ0n) is 20.2. The zero-order valence-corrected chi connectivity index (χ0v) is 20.2. The molecule has 2 aromatic rings. The van der Waals surface area contributed by atoms with Gasteiger partial charge in [0.2, 0.25) is 5.91 Å². The molecule has 7 nitrogen and oxygen atoms in total. The monoisotopic (exact) mass is 448 g/mol. The van der Waals surface area contributed by atoms with Gasteiger partial charge in [-0.05, 0) is 55.7 Å². The van der Waals surface area contributed by atoms with Gasteiger partial charge in [-0.25, -0.2) is 0 Å². The Morgan fingerprint density at radius 1 is 1.24 bits per heavy atom. The molecule has 0 aliphatic carbocycles. The van der Waals surface area contributed by atoms with Gasteiger partial charge in [-0.2, -0.15) is 0 Å². The summed E-state index contributed by atoms with van der Waals surface area (Å²) in [6, 6.07) is 12.5. The summed E-state index contributed by atoms with van der Waals surface area (Å²) in [5, 5.41) is 0. The minimum atomic E-state index is -0.0683. The van der Waals surface area contributed by atoms with Crippen LogP contribution < -0.4 is 10.6 Å². The lowest BCUT2D eigenvalue weighted by Crippen LogP contribution is -2.49. The molecule has 1 aliphatic rings. The van der Waals surface area contributed by atoms with Crippen LogP contribution in [0.2, 0.25) is 0 Å². The number of benzene rings is 1. The first-order chi connectivity index (χ1) is 15.9. The second-order valence-corrected chi connectivity index (χ2v) is 8.49. The molecule has 33 heavy (non-hydrogen) atoms. The molecule has 7 heteroatoms. The van der Waals surface area contributed by atoms with E-state index in [2.05, 4.69) is 52.0 Å². The number of hydrogen-bond acceptors (Lipinski definition) is 6. The third-order valence-electron chi connectivity index (χ3n) is 6.11. The fourth-order valence-electron chi connectivity index (χ4n) is 4.05. The number of carbonyl (C=O) groups is 1. The number of aliphatic imine (C=N–C) groups is 1. The number of piperazine rings is 1. The van der Waals surface area contributed by atoms with Crippen LogP contribution in [0.5, 0.6) is 0 Å². The van der Waals surface area contributed by atoms with Crippen LogP contribution in [0.1, 0.15) is 30.7 Å². The second kappa shape index (κ2) is 11.7. The van der Waals surface area contributed by atoms with Gasteiger partial charge in [0.05, 0.1) is 12.7 Å². The maximum atomic E-state index is 11.8. The standard InChI is InChI=1S/C26H36N6O/c1-5-23(24-8-6-7-22(16-24)19-30(4)26(33)17-27)18-29-21(3)31-11-13-32(14-12-31)25-9-10-28-20(2)15-25/h5-10,15-16,18,21H,11-14,17,19,27H2,1-4H3/b23-5+,29-18-. The Labute approximate surface area is 197 Å². The molecule has 1 saturated heterocycles. The van der Waals surface area contributed by atoms with Gasteiger partial charge in [-0.15, -0.1) is 0 Å². The molecule has 1 fully saturated rings. The first-order valence-electron chi connectivity index (χ1n) is 11.6. The number of hydrogen-bond donors (Lipinski definition) is 1. The van der Waals surface area contributed by atoms with Crippen molar-refractivity contribution in [1.29, 1.82) is 0 Å². The molecule has 0 radical (unpaired) electrons. The minimum absolute atomic E-state index is 0.0251. The number of carbonyl (C=O) groups excluding carboxylic acids is 1. The van der Waals surface area contributed by atoms with Gasteiger partial charge in [0.15, 0.2) is 0 Å². The third-order valence-corrected chi connectivity index (χ3v) is 6.11. The highest BCUT2D eigenvalue weighted by Crippen LogP contribution is 2.19. The summed E-state index contributed by atoms with van der Waals surface area (Å²) >= 11 is 0. The van der Waals surface area contributed by atoms with E-state index in [9.17, 15) is 4.79 Å². The molecular weight excluding hydrogens is 412 g/mol. The maximum absolute atomic E-state index is 11.8. The highest BCUT2D eigenvalue weighted by Gasteiger charge is 2.20. The summed E-state index contributed by atoms with van der Waals surface area (Å²) in [7, 11) is 1.77. The van der Waals surface area contributed by atoms with Crippen molar-refractivity contribution in [3.8, 4) is 0 Å². The molecule has 0 spiro atoms. The van der Waals surface area contributed by atoms with Crippen LogP contribution in [0.15, 0.2) is 53.7 Å². The lowest BCUT2D eigenvalue weighted by atomic mass is 10.0. The van der Waals surface area contributed by atoms with Crippen LogP contribution >= 0.6 is 0 Å². The van der Waals surface area contributed by atoms with Gasteiger partial charge in [-0.1, -0.05) is 24.3 Å². The Balaban J connectivity index is 1.59. The van der Waals surface area contributed by atoms with E-state index in [-0.39, 0.29) is 18.6 Å². The summed E-state index contributed by atoms with van der Waals surface area (Å²) in [5.41, 5.74) is 11.0. The van der Waals surface area contributed by atoms with Crippen LogP contribution in [0.4, 0.5) is 5.69 Å². The molecule has 176 valence electrons. The quantitative estimate of drug-likeness (QED) is 0.628. The number of aryl methyl sites for hydroxylation is 1. The van der Waals surface area contributed by atoms with E-state index in [0.29, 0.717) is 6.54 Å². The van der Waals surface area contributed by atoms with E-state index >= 15 is 0 Å². The highest BCUT2D eigenvalue weighted by molar-refractivity contribution is 6.09.